The Labute approximate surface area is 129 Å². The maximum absolute atomic E-state index is 10.7. The van der Waals surface area contributed by atoms with E-state index in [0.29, 0.717) is 0 Å². The second kappa shape index (κ2) is 6.72. The number of hydrogen-bond donors (Lipinski definition) is 2. The molecule has 1 aliphatic heterocycles. The summed E-state index contributed by atoms with van der Waals surface area (Å²) in [6, 6.07) is 10.9. The molecule has 1 fully saturated rings. The smallest absolute Gasteiger partial charge is 0.269 e. The molecule has 2 N–H and O–H groups in total. The van der Waals surface area contributed by atoms with Gasteiger partial charge >= 0.3 is 0 Å². The average Bonchev–Trinajstić information content (AvgIpc) is 3.03. The predicted molar refractivity (Wildman–Crippen MR) is 80.6 cm³/mol. The van der Waals surface area contributed by atoms with Crippen molar-refractivity contribution in [2.75, 3.05) is 26.2 Å². The van der Waals surface area contributed by atoms with Crippen molar-refractivity contribution in [3.63, 3.8) is 0 Å². The van der Waals surface area contributed by atoms with Crippen molar-refractivity contribution in [3.05, 3.63) is 64.1 Å². The van der Waals surface area contributed by atoms with Crippen molar-refractivity contribution in [2.24, 2.45) is 0 Å². The summed E-state index contributed by atoms with van der Waals surface area (Å²) < 4.78 is 5.41. The van der Waals surface area contributed by atoms with E-state index < -0.39 is 0 Å². The molecule has 3 rings (SSSR count). The summed E-state index contributed by atoms with van der Waals surface area (Å²) in [5.41, 5.74) is 1.32. The molecule has 0 radical (unpaired) electrons. The molecule has 0 atom stereocenters. The highest BCUT2D eigenvalue weighted by Crippen LogP contribution is 2.11. The van der Waals surface area contributed by atoms with Crippen molar-refractivity contribution in [2.45, 2.75) is 13.1 Å². The van der Waals surface area contributed by atoms with Gasteiger partial charge < -0.3 is 14.2 Å². The molecular formula is C16H21N3O3+2. The van der Waals surface area contributed by atoms with Gasteiger partial charge in [0.15, 0.2) is 5.76 Å². The van der Waals surface area contributed by atoms with Crippen LogP contribution < -0.4 is 9.80 Å². The number of piperazine rings is 1. The van der Waals surface area contributed by atoms with Gasteiger partial charge in [0.2, 0.25) is 0 Å². The summed E-state index contributed by atoms with van der Waals surface area (Å²) in [5, 5.41) is 10.7. The Morgan fingerprint density at radius 2 is 1.64 bits per heavy atom. The minimum Gasteiger partial charge on any atom is -0.463 e. The van der Waals surface area contributed by atoms with Crippen molar-refractivity contribution in [3.8, 4) is 0 Å². The molecule has 0 saturated carbocycles. The Hall–Kier alpha value is -2.18. The number of benzene rings is 1. The zero-order chi connectivity index (χ0) is 15.4. The molecule has 0 amide bonds. The Morgan fingerprint density at radius 3 is 2.18 bits per heavy atom. The Morgan fingerprint density at radius 1 is 1.00 bits per heavy atom. The Kier molecular flexibility index (Phi) is 4.50. The summed E-state index contributed by atoms with van der Waals surface area (Å²) in [7, 11) is 0. The van der Waals surface area contributed by atoms with E-state index in [9.17, 15) is 10.1 Å². The van der Waals surface area contributed by atoms with Crippen LogP contribution in [0.25, 0.3) is 0 Å². The van der Waals surface area contributed by atoms with Crippen molar-refractivity contribution < 1.29 is 19.1 Å². The number of non-ortho nitro benzene ring substituents is 1. The van der Waals surface area contributed by atoms with E-state index in [1.54, 1.807) is 23.3 Å². The first-order valence-corrected chi connectivity index (χ1v) is 7.63. The highest BCUT2D eigenvalue weighted by molar-refractivity contribution is 5.32. The van der Waals surface area contributed by atoms with E-state index in [1.807, 2.05) is 24.3 Å². The number of hydrogen-bond acceptors (Lipinski definition) is 3. The molecule has 0 spiro atoms. The van der Waals surface area contributed by atoms with Crippen LogP contribution in [0, 0.1) is 10.1 Å². The minimum absolute atomic E-state index is 0.159. The van der Waals surface area contributed by atoms with Crippen LogP contribution in [0.3, 0.4) is 0 Å². The fourth-order valence-corrected chi connectivity index (χ4v) is 2.99. The van der Waals surface area contributed by atoms with Gasteiger partial charge in [-0.15, -0.1) is 0 Å². The van der Waals surface area contributed by atoms with Crippen LogP contribution in [-0.2, 0) is 13.1 Å². The second-order valence-corrected chi connectivity index (χ2v) is 5.86. The number of nitro benzene ring substituents is 1. The largest absolute Gasteiger partial charge is 0.463 e. The lowest BCUT2D eigenvalue weighted by Crippen LogP contribution is -3.27. The molecule has 6 heteroatoms. The van der Waals surface area contributed by atoms with Crippen molar-refractivity contribution in [1.82, 2.24) is 0 Å². The van der Waals surface area contributed by atoms with E-state index in [-0.39, 0.29) is 10.6 Å². The lowest BCUT2D eigenvalue weighted by molar-refractivity contribution is -1.02. The highest BCUT2D eigenvalue weighted by Gasteiger charge is 2.23. The standard InChI is InChI=1S/C16H19N3O3/c20-19(21)15-5-3-14(4-6-15)12-17-7-9-18(10-8-17)13-16-2-1-11-22-16/h1-6,11H,7-10,12-13H2/p+2. The van der Waals surface area contributed by atoms with Gasteiger partial charge in [-0.2, -0.15) is 0 Å². The Balaban J connectivity index is 1.48. The van der Waals surface area contributed by atoms with E-state index in [1.165, 1.54) is 4.90 Å². The first-order valence-electron chi connectivity index (χ1n) is 7.63. The molecule has 116 valence electrons. The number of quaternary nitrogens is 2. The number of nitro groups is 1. The lowest BCUT2D eigenvalue weighted by atomic mass is 10.2. The van der Waals surface area contributed by atoms with E-state index in [0.717, 1.165) is 50.6 Å². The third-order valence-electron chi connectivity index (χ3n) is 4.27. The fourth-order valence-electron chi connectivity index (χ4n) is 2.99. The molecule has 0 bridgehead atoms. The molecule has 2 aromatic rings. The van der Waals surface area contributed by atoms with Gasteiger partial charge in [0.1, 0.15) is 39.3 Å². The molecule has 1 aliphatic rings. The van der Waals surface area contributed by atoms with Gasteiger partial charge in [0.25, 0.3) is 5.69 Å². The van der Waals surface area contributed by atoms with Gasteiger partial charge in [-0.05, 0) is 24.3 Å². The quantitative estimate of drug-likeness (QED) is 0.587. The first kappa shape index (κ1) is 14.7. The summed E-state index contributed by atoms with van der Waals surface area (Å²) in [5.74, 6) is 1.05. The molecule has 22 heavy (non-hydrogen) atoms. The Bertz CT molecular complexity index is 602. The van der Waals surface area contributed by atoms with Crippen LogP contribution in [0.15, 0.2) is 47.1 Å². The van der Waals surface area contributed by atoms with Crippen LogP contribution in [0.1, 0.15) is 11.3 Å². The molecule has 0 unspecified atom stereocenters. The zero-order valence-electron chi connectivity index (χ0n) is 12.5. The van der Waals surface area contributed by atoms with E-state index >= 15 is 0 Å². The van der Waals surface area contributed by atoms with Gasteiger partial charge in [0, 0.05) is 17.7 Å². The summed E-state index contributed by atoms with van der Waals surface area (Å²) in [4.78, 5) is 13.4. The van der Waals surface area contributed by atoms with Crippen LogP contribution in [-0.4, -0.2) is 31.1 Å². The number of nitrogens with zero attached hydrogens (tertiary/aromatic N) is 1. The van der Waals surface area contributed by atoms with Crippen LogP contribution >= 0.6 is 0 Å². The monoisotopic (exact) mass is 303 g/mol. The third-order valence-corrected chi connectivity index (χ3v) is 4.27. The SMILES string of the molecule is O=[N+]([O-])c1ccc(C[NH+]2CC[NH+](Cc3ccco3)CC2)cc1. The van der Waals surface area contributed by atoms with E-state index in [2.05, 4.69) is 0 Å². The minimum atomic E-state index is -0.354. The zero-order valence-corrected chi connectivity index (χ0v) is 12.5. The maximum atomic E-state index is 10.7. The van der Waals surface area contributed by atoms with Gasteiger partial charge in [-0.1, -0.05) is 0 Å². The summed E-state index contributed by atoms with van der Waals surface area (Å²) >= 11 is 0. The predicted octanol–water partition coefficient (Wildman–Crippen LogP) is -0.329. The van der Waals surface area contributed by atoms with Crippen molar-refractivity contribution >= 4 is 5.69 Å². The van der Waals surface area contributed by atoms with Crippen LogP contribution in [0.4, 0.5) is 5.69 Å². The molecule has 0 aliphatic carbocycles. The van der Waals surface area contributed by atoms with Gasteiger partial charge in [-0.3, -0.25) is 10.1 Å². The molecule has 1 aromatic heterocycles. The van der Waals surface area contributed by atoms with Gasteiger partial charge in [0.05, 0.1) is 11.2 Å². The summed E-state index contributed by atoms with van der Waals surface area (Å²) in [6.07, 6.45) is 1.73. The molecule has 1 aromatic carbocycles. The first-order chi connectivity index (χ1) is 10.7. The van der Waals surface area contributed by atoms with E-state index in [4.69, 9.17) is 4.42 Å². The normalized spacial score (nSPS) is 21.6. The molecular weight excluding hydrogens is 282 g/mol. The molecule has 1 saturated heterocycles. The number of furan rings is 1. The van der Waals surface area contributed by atoms with Crippen molar-refractivity contribution in [1.29, 1.82) is 0 Å². The lowest BCUT2D eigenvalue weighted by Gasteiger charge is -2.29. The molecule has 2 heterocycles. The topological polar surface area (TPSA) is 65.2 Å². The highest BCUT2D eigenvalue weighted by atomic mass is 16.6. The van der Waals surface area contributed by atoms with Gasteiger partial charge in [-0.25, -0.2) is 0 Å². The second-order valence-electron chi connectivity index (χ2n) is 5.86. The third kappa shape index (κ3) is 3.72. The number of rotatable bonds is 5. The fraction of sp³-hybridized carbons (Fsp3) is 0.375. The molecule has 6 nitrogen and oxygen atoms in total. The van der Waals surface area contributed by atoms with Crippen LogP contribution in [0.2, 0.25) is 0 Å². The summed E-state index contributed by atoms with van der Waals surface area (Å²) in [6.45, 7) is 6.38. The number of nitrogens with one attached hydrogen (secondary N) is 2. The van der Waals surface area contributed by atoms with Crippen LogP contribution in [0.5, 0.6) is 0 Å². The maximum Gasteiger partial charge on any atom is 0.269 e. The average molecular weight is 303 g/mol.